The number of hydrogen-bond donors (Lipinski definition) is 2. The van der Waals surface area contributed by atoms with E-state index in [0.717, 1.165) is 12.0 Å². The quantitative estimate of drug-likeness (QED) is 0.415. The Hall–Kier alpha value is -4.47. The molecule has 34 heavy (non-hydrogen) atoms. The van der Waals surface area contributed by atoms with Crippen molar-refractivity contribution < 1.29 is 4.79 Å². The molecule has 0 saturated carbocycles. The average molecular weight is 460 g/mol. The van der Waals surface area contributed by atoms with E-state index in [1.165, 1.54) is 20.5 Å². The number of aromatic nitrogens is 5. The molecule has 0 saturated heterocycles. The second kappa shape index (κ2) is 9.99. The lowest BCUT2D eigenvalue weighted by atomic mass is 10.2. The molecule has 0 unspecified atom stereocenters. The van der Waals surface area contributed by atoms with Crippen LogP contribution in [0.1, 0.15) is 35.8 Å². The summed E-state index contributed by atoms with van der Waals surface area (Å²) in [4.78, 5) is 43.8. The molecule has 10 heteroatoms. The normalized spacial score (nSPS) is 10.9. The van der Waals surface area contributed by atoms with Crippen LogP contribution >= 0.6 is 0 Å². The number of hydrogen-bond acceptors (Lipinski definition) is 6. The monoisotopic (exact) mass is 459 g/mol. The van der Waals surface area contributed by atoms with Crippen LogP contribution in [0, 0.1) is 0 Å². The van der Waals surface area contributed by atoms with Gasteiger partial charge in [0, 0.05) is 6.54 Å². The Morgan fingerprint density at radius 2 is 1.74 bits per heavy atom. The van der Waals surface area contributed by atoms with E-state index in [1.54, 1.807) is 0 Å². The number of amides is 1. The number of nitrogens with zero attached hydrogens (tertiary/aromatic N) is 5. The fourth-order valence-corrected chi connectivity index (χ4v) is 3.58. The Bertz CT molecular complexity index is 1390. The molecule has 0 radical (unpaired) electrons. The standard InChI is InChI=1S/C24H25N7O3/c1-2-3-14-29(23(33)19-15-26-31(28-19)18-12-8-5-9-13-18)20-21(25)30(24(34)27-22(20)32)16-17-10-6-4-7-11-17/h4-13,15H,2-3,14,16,25H2,1H3,(H,27,32,34). The molecule has 0 aliphatic rings. The van der Waals surface area contributed by atoms with Gasteiger partial charge in [0.15, 0.2) is 11.4 Å². The molecule has 0 aliphatic carbocycles. The van der Waals surface area contributed by atoms with Gasteiger partial charge in [-0.1, -0.05) is 61.9 Å². The van der Waals surface area contributed by atoms with Gasteiger partial charge in [-0.05, 0) is 24.1 Å². The van der Waals surface area contributed by atoms with Gasteiger partial charge < -0.3 is 5.73 Å². The van der Waals surface area contributed by atoms with Gasteiger partial charge in [0.05, 0.1) is 18.4 Å². The molecule has 10 nitrogen and oxygen atoms in total. The second-order valence-corrected chi connectivity index (χ2v) is 7.73. The third kappa shape index (κ3) is 4.65. The minimum absolute atomic E-state index is 0.0552. The first-order valence-corrected chi connectivity index (χ1v) is 11.0. The number of nitrogens with two attached hydrogens (primary N) is 1. The van der Waals surface area contributed by atoms with E-state index < -0.39 is 17.2 Å². The SMILES string of the molecule is CCCCN(C(=O)c1cnn(-c2ccccc2)n1)c1c(N)n(Cc2ccccc2)c(=O)[nH]c1=O. The van der Waals surface area contributed by atoms with Crippen LogP contribution in [0.5, 0.6) is 0 Å². The number of nitrogen functional groups attached to an aromatic ring is 1. The molecular formula is C24H25N7O3. The summed E-state index contributed by atoms with van der Waals surface area (Å²) >= 11 is 0. The first-order chi connectivity index (χ1) is 16.5. The first-order valence-electron chi connectivity index (χ1n) is 11.0. The van der Waals surface area contributed by atoms with Crippen molar-refractivity contribution in [3.05, 3.63) is 99.0 Å². The van der Waals surface area contributed by atoms with Crippen LogP contribution < -0.4 is 21.9 Å². The maximum Gasteiger partial charge on any atom is 0.330 e. The van der Waals surface area contributed by atoms with E-state index >= 15 is 0 Å². The number of aromatic amines is 1. The van der Waals surface area contributed by atoms with Crippen molar-refractivity contribution in [2.75, 3.05) is 17.2 Å². The van der Waals surface area contributed by atoms with E-state index in [2.05, 4.69) is 15.2 Å². The summed E-state index contributed by atoms with van der Waals surface area (Å²) in [6.45, 7) is 2.35. The van der Waals surface area contributed by atoms with Crippen LogP contribution in [-0.4, -0.2) is 37.0 Å². The summed E-state index contributed by atoms with van der Waals surface area (Å²) in [7, 11) is 0. The maximum absolute atomic E-state index is 13.5. The van der Waals surface area contributed by atoms with Gasteiger partial charge in [-0.2, -0.15) is 9.90 Å². The molecule has 2 aromatic carbocycles. The Kier molecular flexibility index (Phi) is 6.67. The van der Waals surface area contributed by atoms with Crippen LogP contribution in [0.15, 0.2) is 76.4 Å². The van der Waals surface area contributed by atoms with Gasteiger partial charge in [0.1, 0.15) is 5.82 Å². The van der Waals surface area contributed by atoms with Gasteiger partial charge in [0.25, 0.3) is 11.5 Å². The molecule has 4 aromatic rings. The molecule has 2 heterocycles. The van der Waals surface area contributed by atoms with E-state index in [0.29, 0.717) is 12.1 Å². The molecular weight excluding hydrogens is 434 g/mol. The molecule has 0 fully saturated rings. The van der Waals surface area contributed by atoms with E-state index in [4.69, 9.17) is 5.73 Å². The summed E-state index contributed by atoms with van der Waals surface area (Å²) in [6, 6.07) is 18.4. The molecule has 1 amide bonds. The van der Waals surface area contributed by atoms with Gasteiger partial charge in [-0.15, -0.1) is 5.10 Å². The first kappa shape index (κ1) is 22.7. The Balaban J connectivity index is 1.75. The fraction of sp³-hybridized carbons (Fsp3) is 0.208. The predicted molar refractivity (Wildman–Crippen MR) is 129 cm³/mol. The number of nitrogens with one attached hydrogen (secondary N) is 1. The molecule has 0 bridgehead atoms. The summed E-state index contributed by atoms with van der Waals surface area (Å²) in [5, 5.41) is 8.48. The Morgan fingerprint density at radius 3 is 2.41 bits per heavy atom. The lowest BCUT2D eigenvalue weighted by Gasteiger charge is -2.23. The highest BCUT2D eigenvalue weighted by Gasteiger charge is 2.27. The molecule has 4 rings (SSSR count). The van der Waals surface area contributed by atoms with Crippen LogP contribution in [0.2, 0.25) is 0 Å². The molecule has 174 valence electrons. The van der Waals surface area contributed by atoms with Crippen molar-refractivity contribution >= 4 is 17.4 Å². The number of rotatable bonds is 8. The minimum Gasteiger partial charge on any atom is -0.383 e. The number of unbranched alkanes of at least 4 members (excludes halogenated alkanes) is 1. The second-order valence-electron chi connectivity index (χ2n) is 7.73. The zero-order valence-electron chi connectivity index (χ0n) is 18.7. The van der Waals surface area contributed by atoms with E-state index in [9.17, 15) is 14.4 Å². The molecule has 0 atom stereocenters. The lowest BCUT2D eigenvalue weighted by Crippen LogP contribution is -2.42. The number of benzene rings is 2. The van der Waals surface area contributed by atoms with Crippen molar-refractivity contribution in [3.63, 3.8) is 0 Å². The van der Waals surface area contributed by atoms with Gasteiger partial charge in [-0.3, -0.25) is 24.0 Å². The summed E-state index contributed by atoms with van der Waals surface area (Å²) in [5.41, 5.74) is 6.44. The van der Waals surface area contributed by atoms with Crippen molar-refractivity contribution in [2.45, 2.75) is 26.3 Å². The highest BCUT2D eigenvalue weighted by molar-refractivity contribution is 6.05. The number of carbonyl (C=O) groups is 1. The third-order valence-corrected chi connectivity index (χ3v) is 5.35. The van der Waals surface area contributed by atoms with Crippen molar-refractivity contribution in [3.8, 4) is 5.69 Å². The van der Waals surface area contributed by atoms with E-state index in [1.807, 2.05) is 67.6 Å². The molecule has 3 N–H and O–H groups in total. The lowest BCUT2D eigenvalue weighted by molar-refractivity contribution is 0.0981. The number of para-hydroxylation sites is 1. The van der Waals surface area contributed by atoms with Crippen LogP contribution in [-0.2, 0) is 6.54 Å². The summed E-state index contributed by atoms with van der Waals surface area (Å²) < 4.78 is 1.25. The largest absolute Gasteiger partial charge is 0.383 e. The van der Waals surface area contributed by atoms with Crippen LogP contribution in [0.4, 0.5) is 11.5 Å². The zero-order valence-corrected chi connectivity index (χ0v) is 18.7. The summed E-state index contributed by atoms with van der Waals surface area (Å²) in [6.07, 6.45) is 2.75. The zero-order chi connectivity index (χ0) is 24.1. The topological polar surface area (TPSA) is 132 Å². The summed E-state index contributed by atoms with van der Waals surface area (Å²) in [5.74, 6) is -0.616. The minimum atomic E-state index is -0.730. The number of H-pyrrole nitrogens is 1. The predicted octanol–water partition coefficient (Wildman–Crippen LogP) is 2.19. The van der Waals surface area contributed by atoms with Gasteiger partial charge >= 0.3 is 5.69 Å². The van der Waals surface area contributed by atoms with Crippen LogP contribution in [0.25, 0.3) is 5.69 Å². The van der Waals surface area contributed by atoms with Crippen molar-refractivity contribution in [1.82, 2.24) is 24.5 Å². The smallest absolute Gasteiger partial charge is 0.330 e. The van der Waals surface area contributed by atoms with Crippen LogP contribution in [0.3, 0.4) is 0 Å². The average Bonchev–Trinajstić information content (AvgIpc) is 3.35. The van der Waals surface area contributed by atoms with Crippen molar-refractivity contribution in [2.24, 2.45) is 0 Å². The number of anilines is 2. The molecule has 0 spiro atoms. The third-order valence-electron chi connectivity index (χ3n) is 5.35. The van der Waals surface area contributed by atoms with E-state index in [-0.39, 0.29) is 30.3 Å². The highest BCUT2D eigenvalue weighted by Crippen LogP contribution is 2.20. The molecule has 0 aliphatic heterocycles. The highest BCUT2D eigenvalue weighted by atomic mass is 16.2. The number of carbonyl (C=O) groups excluding carboxylic acids is 1. The maximum atomic E-state index is 13.5. The molecule has 2 aromatic heterocycles. The Morgan fingerprint density at radius 1 is 1.06 bits per heavy atom. The van der Waals surface area contributed by atoms with Gasteiger partial charge in [0.2, 0.25) is 0 Å². The fourth-order valence-electron chi connectivity index (χ4n) is 3.58. The van der Waals surface area contributed by atoms with Gasteiger partial charge in [-0.25, -0.2) is 4.79 Å². The Labute approximate surface area is 195 Å². The van der Waals surface area contributed by atoms with Crippen molar-refractivity contribution in [1.29, 1.82) is 0 Å².